The first kappa shape index (κ1) is 20.8. The van der Waals surface area contributed by atoms with Gasteiger partial charge in [-0.3, -0.25) is 14.5 Å². The number of fused-ring (bicyclic) bond motifs is 3. The number of primary amides is 2. The number of amides is 5. The molecule has 0 radical (unpaired) electrons. The number of hydrogen-bond acceptors (Lipinski definition) is 5. The summed E-state index contributed by atoms with van der Waals surface area (Å²) in [7, 11) is 1.14. The Bertz CT molecular complexity index is 961. The maximum atomic E-state index is 12.3. The molecule has 2 aromatic carbocycles. The van der Waals surface area contributed by atoms with Crippen LogP contribution in [0.25, 0.3) is 11.1 Å². The molecule has 5 amide bonds. The smallest absolute Gasteiger partial charge is 0.407 e. The second kappa shape index (κ2) is 8.64. The van der Waals surface area contributed by atoms with Crippen LogP contribution in [-0.4, -0.2) is 48.5 Å². The Morgan fingerprint density at radius 1 is 1.00 bits per heavy atom. The fraction of sp³-hybridized carbons (Fsp3) is 0.238. The van der Waals surface area contributed by atoms with E-state index >= 15 is 0 Å². The van der Waals surface area contributed by atoms with Crippen LogP contribution in [0.5, 0.6) is 0 Å². The molecular formula is C21H22N4O5. The van der Waals surface area contributed by atoms with Crippen LogP contribution >= 0.6 is 0 Å². The number of carbonyl (C=O) groups is 4. The minimum atomic E-state index is -1.37. The molecule has 9 heteroatoms. The summed E-state index contributed by atoms with van der Waals surface area (Å²) in [6.07, 6.45) is -1.41. The van der Waals surface area contributed by atoms with Gasteiger partial charge in [-0.05, 0) is 22.3 Å². The molecule has 156 valence electrons. The summed E-state index contributed by atoms with van der Waals surface area (Å²) in [6.45, 7) is 0.0308. The number of carbonyl (C=O) groups excluding carboxylic acids is 4. The zero-order valence-corrected chi connectivity index (χ0v) is 16.3. The van der Waals surface area contributed by atoms with Gasteiger partial charge in [0.05, 0.1) is 6.42 Å². The Balaban J connectivity index is 1.71. The molecule has 3 rings (SSSR count). The summed E-state index contributed by atoms with van der Waals surface area (Å²) in [4.78, 5) is 47.7. The Morgan fingerprint density at radius 3 is 2.03 bits per heavy atom. The molecule has 5 N–H and O–H groups in total. The highest BCUT2D eigenvalue weighted by molar-refractivity contribution is 5.99. The van der Waals surface area contributed by atoms with E-state index in [1.54, 1.807) is 0 Å². The standard InChI is InChI=1S/C21H22N4O5/c1-25(20(23)28)19(27)17(10-18(22)26)24-21(29)30-11-16-14-8-4-2-6-12(14)13-7-3-5-9-15(13)16/h2-9,16-17H,10-11H2,1H3,(H2,22,26)(H2,23,28)(H,24,29)/t17-/m0/s1. The number of likely N-dealkylation sites (N-methyl/N-ethyl adjacent to an activating group) is 1. The molecule has 0 saturated heterocycles. The van der Waals surface area contributed by atoms with Gasteiger partial charge < -0.3 is 21.5 Å². The van der Waals surface area contributed by atoms with E-state index in [1.807, 2.05) is 48.5 Å². The van der Waals surface area contributed by atoms with E-state index in [0.29, 0.717) is 4.90 Å². The first-order chi connectivity index (χ1) is 14.3. The lowest BCUT2D eigenvalue weighted by molar-refractivity contribution is -0.131. The maximum Gasteiger partial charge on any atom is 0.407 e. The fourth-order valence-corrected chi connectivity index (χ4v) is 3.53. The third-order valence-electron chi connectivity index (χ3n) is 5.00. The van der Waals surface area contributed by atoms with E-state index in [2.05, 4.69) is 5.32 Å². The number of benzene rings is 2. The number of nitrogens with two attached hydrogens (primary N) is 2. The van der Waals surface area contributed by atoms with E-state index in [4.69, 9.17) is 16.2 Å². The predicted octanol–water partition coefficient (Wildman–Crippen LogP) is 1.31. The number of imide groups is 1. The summed E-state index contributed by atoms with van der Waals surface area (Å²) in [5.41, 5.74) is 14.4. The largest absolute Gasteiger partial charge is 0.449 e. The van der Waals surface area contributed by atoms with Gasteiger partial charge in [-0.15, -0.1) is 0 Å². The number of hydrogen-bond donors (Lipinski definition) is 3. The highest BCUT2D eigenvalue weighted by Gasteiger charge is 2.31. The zero-order chi connectivity index (χ0) is 21.8. The van der Waals surface area contributed by atoms with Crippen LogP contribution < -0.4 is 16.8 Å². The molecule has 2 aromatic rings. The minimum Gasteiger partial charge on any atom is -0.449 e. The molecule has 0 saturated carbocycles. The van der Waals surface area contributed by atoms with Gasteiger partial charge in [0.15, 0.2) is 0 Å². The molecule has 0 aliphatic heterocycles. The molecule has 9 nitrogen and oxygen atoms in total. The lowest BCUT2D eigenvalue weighted by atomic mass is 9.98. The summed E-state index contributed by atoms with van der Waals surface area (Å²) < 4.78 is 5.35. The van der Waals surface area contributed by atoms with Crippen molar-refractivity contribution in [2.45, 2.75) is 18.4 Å². The highest BCUT2D eigenvalue weighted by Crippen LogP contribution is 2.44. The van der Waals surface area contributed by atoms with Gasteiger partial charge in [-0.1, -0.05) is 48.5 Å². The number of nitrogens with one attached hydrogen (secondary N) is 1. The van der Waals surface area contributed by atoms with Crippen LogP contribution in [0, 0.1) is 0 Å². The van der Waals surface area contributed by atoms with Crippen molar-refractivity contribution >= 4 is 23.9 Å². The van der Waals surface area contributed by atoms with E-state index in [-0.39, 0.29) is 12.5 Å². The molecule has 0 spiro atoms. The average Bonchev–Trinajstić information content (AvgIpc) is 3.04. The van der Waals surface area contributed by atoms with Crippen LogP contribution in [0.15, 0.2) is 48.5 Å². The molecule has 0 heterocycles. The normalized spacial score (nSPS) is 13.0. The Kier molecular flexibility index (Phi) is 6.01. The number of nitrogens with zero attached hydrogens (tertiary/aromatic N) is 1. The van der Waals surface area contributed by atoms with Crippen LogP contribution in [0.2, 0.25) is 0 Å². The van der Waals surface area contributed by atoms with Gasteiger partial charge in [0.1, 0.15) is 12.6 Å². The predicted molar refractivity (Wildman–Crippen MR) is 108 cm³/mol. The van der Waals surface area contributed by atoms with Crippen LogP contribution in [0.1, 0.15) is 23.5 Å². The first-order valence-electron chi connectivity index (χ1n) is 9.26. The third kappa shape index (κ3) is 4.24. The Hall–Kier alpha value is -3.88. The van der Waals surface area contributed by atoms with E-state index in [1.165, 1.54) is 0 Å². The van der Waals surface area contributed by atoms with Crippen molar-refractivity contribution in [1.82, 2.24) is 10.2 Å². The zero-order valence-electron chi connectivity index (χ0n) is 16.3. The molecular weight excluding hydrogens is 388 g/mol. The summed E-state index contributed by atoms with van der Waals surface area (Å²) in [5, 5.41) is 2.29. The second-order valence-corrected chi connectivity index (χ2v) is 6.93. The van der Waals surface area contributed by atoms with Crippen molar-refractivity contribution in [3.8, 4) is 11.1 Å². The molecule has 0 unspecified atom stereocenters. The Labute approximate surface area is 173 Å². The number of rotatable bonds is 6. The minimum absolute atomic E-state index is 0.0308. The summed E-state index contributed by atoms with van der Waals surface area (Å²) in [6, 6.07) is 13.3. The van der Waals surface area contributed by atoms with Crippen LogP contribution in [0.4, 0.5) is 9.59 Å². The van der Waals surface area contributed by atoms with Gasteiger partial charge in [0, 0.05) is 13.0 Å². The summed E-state index contributed by atoms with van der Waals surface area (Å²) in [5.74, 6) is -1.86. The molecule has 1 aliphatic carbocycles. The van der Waals surface area contributed by atoms with Crippen LogP contribution in [-0.2, 0) is 14.3 Å². The van der Waals surface area contributed by atoms with E-state index in [9.17, 15) is 19.2 Å². The van der Waals surface area contributed by atoms with Gasteiger partial charge >= 0.3 is 12.1 Å². The second-order valence-electron chi connectivity index (χ2n) is 6.93. The molecule has 0 fully saturated rings. The number of alkyl carbamates (subject to hydrolysis) is 1. The van der Waals surface area contributed by atoms with E-state index in [0.717, 1.165) is 29.3 Å². The van der Waals surface area contributed by atoms with E-state index < -0.39 is 36.4 Å². The van der Waals surface area contributed by atoms with Crippen molar-refractivity contribution in [3.63, 3.8) is 0 Å². The van der Waals surface area contributed by atoms with Crippen molar-refractivity contribution in [3.05, 3.63) is 59.7 Å². The lowest BCUT2D eigenvalue weighted by Gasteiger charge is -2.21. The van der Waals surface area contributed by atoms with Crippen molar-refractivity contribution in [2.75, 3.05) is 13.7 Å². The quantitative estimate of drug-likeness (QED) is 0.657. The fourth-order valence-electron chi connectivity index (χ4n) is 3.53. The molecule has 0 aromatic heterocycles. The monoisotopic (exact) mass is 410 g/mol. The average molecular weight is 410 g/mol. The van der Waals surface area contributed by atoms with Crippen molar-refractivity contribution < 1.29 is 23.9 Å². The summed E-state index contributed by atoms with van der Waals surface area (Å²) >= 11 is 0. The number of urea groups is 1. The van der Waals surface area contributed by atoms with Crippen molar-refractivity contribution in [1.29, 1.82) is 0 Å². The number of ether oxygens (including phenoxy) is 1. The molecule has 1 aliphatic rings. The van der Waals surface area contributed by atoms with Crippen molar-refractivity contribution in [2.24, 2.45) is 11.5 Å². The molecule has 0 bridgehead atoms. The van der Waals surface area contributed by atoms with Gasteiger partial charge in [0.2, 0.25) is 5.91 Å². The first-order valence-corrected chi connectivity index (χ1v) is 9.26. The molecule has 1 atom stereocenters. The van der Waals surface area contributed by atoms with Gasteiger partial charge in [0.25, 0.3) is 5.91 Å². The van der Waals surface area contributed by atoms with Gasteiger partial charge in [-0.25, -0.2) is 9.59 Å². The van der Waals surface area contributed by atoms with Gasteiger partial charge in [-0.2, -0.15) is 0 Å². The van der Waals surface area contributed by atoms with Crippen LogP contribution in [0.3, 0.4) is 0 Å². The SMILES string of the molecule is CN(C(N)=O)C(=O)[C@H](CC(N)=O)NC(=O)OCC1c2ccccc2-c2ccccc21. The highest BCUT2D eigenvalue weighted by atomic mass is 16.5. The topological polar surface area (TPSA) is 145 Å². The maximum absolute atomic E-state index is 12.3. The molecule has 30 heavy (non-hydrogen) atoms. The third-order valence-corrected chi connectivity index (χ3v) is 5.00. The Morgan fingerprint density at radius 2 is 1.53 bits per heavy atom. The lowest BCUT2D eigenvalue weighted by Crippen LogP contribution is -2.52.